The Kier molecular flexibility index (Phi) is 4.63. The normalized spacial score (nSPS) is 22.5. The maximum atomic E-state index is 12.6. The number of H-pyrrole nitrogens is 1. The number of carbonyl (C=O) groups is 1. The van der Waals surface area contributed by atoms with Gasteiger partial charge in [0.25, 0.3) is 11.5 Å². The van der Waals surface area contributed by atoms with Crippen LogP contribution in [0.1, 0.15) is 23.2 Å². The van der Waals surface area contributed by atoms with Crippen LogP contribution >= 0.6 is 0 Å². The molecule has 0 aromatic carbocycles. The summed E-state index contributed by atoms with van der Waals surface area (Å²) in [6, 6.07) is 0. The highest BCUT2D eigenvalue weighted by atomic mass is 16.5. The molecule has 8 heteroatoms. The molecule has 0 bridgehead atoms. The van der Waals surface area contributed by atoms with Crippen molar-refractivity contribution in [2.24, 2.45) is 0 Å². The molecule has 2 saturated heterocycles. The zero-order valence-electron chi connectivity index (χ0n) is 13.3. The number of rotatable bonds is 3. The largest absolute Gasteiger partial charge is 0.376 e. The van der Waals surface area contributed by atoms with E-state index in [4.69, 9.17) is 4.74 Å². The zero-order valence-corrected chi connectivity index (χ0v) is 13.3. The number of amides is 1. The van der Waals surface area contributed by atoms with Crippen LogP contribution in [0.2, 0.25) is 0 Å². The van der Waals surface area contributed by atoms with Crippen molar-refractivity contribution in [2.75, 3.05) is 39.8 Å². The van der Waals surface area contributed by atoms with Crippen LogP contribution in [0.3, 0.4) is 0 Å². The van der Waals surface area contributed by atoms with Gasteiger partial charge in [0.2, 0.25) is 0 Å². The molecule has 2 aliphatic heterocycles. The average molecular weight is 322 g/mol. The molecule has 1 N–H and O–H groups in total. The first-order chi connectivity index (χ1) is 11.1. The van der Waals surface area contributed by atoms with Crippen LogP contribution in [0.15, 0.2) is 15.8 Å². The first kappa shape index (κ1) is 15.9. The number of nitrogens with one attached hydrogen (secondary N) is 1. The predicted molar refractivity (Wildman–Crippen MR) is 83.7 cm³/mol. The molecule has 1 aromatic rings. The highest BCUT2D eigenvalue weighted by Crippen LogP contribution is 2.12. The standard InChI is InChI=1S/C15H22N4O4/c1-17-4-6-18(7-5-17)13(20)12-9-16-15(22)19(14(12)21)10-11-3-2-8-23-11/h9,11H,2-8,10H2,1H3,(H,16,22). The van der Waals surface area contributed by atoms with Crippen molar-refractivity contribution < 1.29 is 9.53 Å². The number of nitrogens with zero attached hydrogens (tertiary/aromatic N) is 3. The van der Waals surface area contributed by atoms with E-state index < -0.39 is 11.2 Å². The van der Waals surface area contributed by atoms with Gasteiger partial charge in [-0.25, -0.2) is 4.79 Å². The van der Waals surface area contributed by atoms with Gasteiger partial charge in [0, 0.05) is 39.0 Å². The number of ether oxygens (including phenoxy) is 1. The molecule has 3 heterocycles. The number of aromatic amines is 1. The Bertz CT molecular complexity index is 681. The molecule has 1 amide bonds. The number of hydrogen-bond donors (Lipinski definition) is 1. The highest BCUT2D eigenvalue weighted by Gasteiger charge is 2.25. The molecule has 126 valence electrons. The van der Waals surface area contributed by atoms with Gasteiger partial charge in [0.15, 0.2) is 0 Å². The Balaban J connectivity index is 1.83. The lowest BCUT2D eigenvalue weighted by Gasteiger charge is -2.32. The molecule has 2 fully saturated rings. The van der Waals surface area contributed by atoms with Crippen molar-refractivity contribution in [2.45, 2.75) is 25.5 Å². The van der Waals surface area contributed by atoms with Gasteiger partial charge in [-0.1, -0.05) is 0 Å². The monoisotopic (exact) mass is 322 g/mol. The summed E-state index contributed by atoms with van der Waals surface area (Å²) in [4.78, 5) is 43.4. The molecular formula is C15H22N4O4. The minimum atomic E-state index is -0.534. The Morgan fingerprint density at radius 2 is 2.04 bits per heavy atom. The molecule has 3 rings (SSSR count). The fraction of sp³-hybridized carbons (Fsp3) is 0.667. The molecule has 1 aromatic heterocycles. The lowest BCUT2D eigenvalue weighted by atomic mass is 10.2. The van der Waals surface area contributed by atoms with Crippen molar-refractivity contribution >= 4 is 5.91 Å². The second-order valence-electron chi connectivity index (χ2n) is 6.15. The Labute approximate surface area is 133 Å². The molecule has 2 aliphatic rings. The molecule has 0 spiro atoms. The minimum absolute atomic E-state index is 0.0205. The van der Waals surface area contributed by atoms with Crippen molar-refractivity contribution in [3.63, 3.8) is 0 Å². The van der Waals surface area contributed by atoms with Gasteiger partial charge in [-0.3, -0.25) is 14.2 Å². The SMILES string of the molecule is CN1CCN(C(=O)c2c[nH]c(=O)n(CC3CCCO3)c2=O)CC1. The second-order valence-corrected chi connectivity index (χ2v) is 6.15. The summed E-state index contributed by atoms with van der Waals surface area (Å²) in [5, 5.41) is 0. The third-order valence-electron chi connectivity index (χ3n) is 4.49. The van der Waals surface area contributed by atoms with Crippen LogP contribution in [-0.4, -0.2) is 71.2 Å². The van der Waals surface area contributed by atoms with Gasteiger partial charge in [-0.2, -0.15) is 0 Å². The maximum Gasteiger partial charge on any atom is 0.328 e. The van der Waals surface area contributed by atoms with E-state index in [1.54, 1.807) is 4.90 Å². The van der Waals surface area contributed by atoms with Gasteiger partial charge in [0.1, 0.15) is 5.56 Å². The van der Waals surface area contributed by atoms with E-state index in [1.807, 2.05) is 7.05 Å². The molecule has 1 unspecified atom stereocenters. The number of piperazine rings is 1. The van der Waals surface area contributed by atoms with Crippen LogP contribution < -0.4 is 11.2 Å². The first-order valence-electron chi connectivity index (χ1n) is 7.98. The summed E-state index contributed by atoms with van der Waals surface area (Å²) in [5.41, 5.74) is -1.01. The van der Waals surface area contributed by atoms with E-state index in [-0.39, 0.29) is 24.1 Å². The van der Waals surface area contributed by atoms with E-state index in [9.17, 15) is 14.4 Å². The topological polar surface area (TPSA) is 87.6 Å². The lowest BCUT2D eigenvalue weighted by molar-refractivity contribution is 0.0658. The van der Waals surface area contributed by atoms with Crippen molar-refractivity contribution in [1.29, 1.82) is 0 Å². The smallest absolute Gasteiger partial charge is 0.328 e. The number of aromatic nitrogens is 2. The van der Waals surface area contributed by atoms with Crippen molar-refractivity contribution in [3.8, 4) is 0 Å². The highest BCUT2D eigenvalue weighted by molar-refractivity contribution is 5.93. The number of hydrogen-bond acceptors (Lipinski definition) is 5. The number of likely N-dealkylation sites (N-methyl/N-ethyl adjacent to an activating group) is 1. The van der Waals surface area contributed by atoms with Crippen molar-refractivity contribution in [1.82, 2.24) is 19.4 Å². The zero-order chi connectivity index (χ0) is 16.4. The molecule has 0 radical (unpaired) electrons. The molecule has 0 aliphatic carbocycles. The van der Waals surface area contributed by atoms with Crippen LogP contribution in [0.4, 0.5) is 0 Å². The van der Waals surface area contributed by atoms with Crippen LogP contribution in [0.25, 0.3) is 0 Å². The molecule has 1 atom stereocenters. The number of carbonyl (C=O) groups excluding carboxylic acids is 1. The van der Waals surface area contributed by atoms with E-state index in [0.29, 0.717) is 19.7 Å². The van der Waals surface area contributed by atoms with Crippen LogP contribution in [0, 0.1) is 0 Å². The summed E-state index contributed by atoms with van der Waals surface area (Å²) >= 11 is 0. The maximum absolute atomic E-state index is 12.6. The van der Waals surface area contributed by atoms with Gasteiger partial charge in [0.05, 0.1) is 12.6 Å². The second kappa shape index (κ2) is 6.67. The fourth-order valence-corrected chi connectivity index (χ4v) is 3.00. The molecule has 23 heavy (non-hydrogen) atoms. The third kappa shape index (κ3) is 3.37. The van der Waals surface area contributed by atoms with Crippen LogP contribution in [0.5, 0.6) is 0 Å². The predicted octanol–water partition coefficient (Wildman–Crippen LogP) is -0.897. The summed E-state index contributed by atoms with van der Waals surface area (Å²) in [7, 11) is 2.00. The summed E-state index contributed by atoms with van der Waals surface area (Å²) in [5.74, 6) is -0.319. The summed E-state index contributed by atoms with van der Waals surface area (Å²) < 4.78 is 6.56. The van der Waals surface area contributed by atoms with E-state index in [2.05, 4.69) is 9.88 Å². The Morgan fingerprint density at radius 3 is 2.70 bits per heavy atom. The summed E-state index contributed by atoms with van der Waals surface area (Å²) in [6.07, 6.45) is 2.85. The third-order valence-corrected chi connectivity index (χ3v) is 4.49. The fourth-order valence-electron chi connectivity index (χ4n) is 3.00. The van der Waals surface area contributed by atoms with Crippen LogP contribution in [-0.2, 0) is 11.3 Å². The van der Waals surface area contributed by atoms with Gasteiger partial charge < -0.3 is 19.5 Å². The minimum Gasteiger partial charge on any atom is -0.376 e. The van der Waals surface area contributed by atoms with Gasteiger partial charge in [-0.15, -0.1) is 0 Å². The average Bonchev–Trinajstić information content (AvgIpc) is 3.05. The van der Waals surface area contributed by atoms with E-state index in [0.717, 1.165) is 30.5 Å². The molecule has 8 nitrogen and oxygen atoms in total. The van der Waals surface area contributed by atoms with E-state index >= 15 is 0 Å². The van der Waals surface area contributed by atoms with Crippen molar-refractivity contribution in [3.05, 3.63) is 32.6 Å². The molecule has 0 saturated carbocycles. The van der Waals surface area contributed by atoms with Gasteiger partial charge in [-0.05, 0) is 19.9 Å². The lowest BCUT2D eigenvalue weighted by Crippen LogP contribution is -2.49. The van der Waals surface area contributed by atoms with Gasteiger partial charge >= 0.3 is 5.69 Å². The van der Waals surface area contributed by atoms with E-state index in [1.165, 1.54) is 6.20 Å². The Hall–Kier alpha value is -1.93. The quantitative estimate of drug-likeness (QED) is 0.779. The molecular weight excluding hydrogens is 300 g/mol. The summed E-state index contributed by atoms with van der Waals surface area (Å²) in [6.45, 7) is 3.56. The Morgan fingerprint density at radius 1 is 1.30 bits per heavy atom. The first-order valence-corrected chi connectivity index (χ1v) is 7.98.